The number of hydrogen-bond donors (Lipinski definition) is 2. The molecule has 0 saturated heterocycles. The molecule has 4 heterocycles. The highest BCUT2D eigenvalue weighted by atomic mass is 16.5. The van der Waals surface area contributed by atoms with Gasteiger partial charge in [0.05, 0.1) is 6.61 Å². The van der Waals surface area contributed by atoms with Crippen LogP contribution in [0.5, 0.6) is 17.2 Å². The fourth-order valence-corrected chi connectivity index (χ4v) is 5.31. The molecule has 260 valence electrons. The topological polar surface area (TPSA) is 120 Å². The maximum atomic E-state index is 13.3. The summed E-state index contributed by atoms with van der Waals surface area (Å²) < 4.78 is 17.1. The Kier molecular flexibility index (Phi) is 14.9. The number of unbranched alkanes of at least 4 members (excludes halogenated alkanes) is 1. The Bertz CT molecular complexity index is 1460. The largest absolute Gasteiger partial charge is 0.493 e. The number of hydrogen-bond acceptors (Lipinski definition) is 7. The second-order valence-electron chi connectivity index (χ2n) is 12.3. The van der Waals surface area contributed by atoms with Crippen LogP contribution in [0.25, 0.3) is 0 Å². The quantitative estimate of drug-likeness (QED) is 0.149. The highest BCUT2D eigenvalue weighted by molar-refractivity contribution is 6.00. The van der Waals surface area contributed by atoms with Crippen LogP contribution in [0.2, 0.25) is 0 Å². The van der Waals surface area contributed by atoms with Crippen LogP contribution in [-0.2, 0) is 22.7 Å². The number of carbonyl (C=O) groups excluding carboxylic acids is 4. The van der Waals surface area contributed by atoms with Crippen LogP contribution in [-0.4, -0.2) is 30.4 Å². The van der Waals surface area contributed by atoms with Crippen molar-refractivity contribution in [3.05, 3.63) is 101 Å². The average Bonchev–Trinajstić information content (AvgIpc) is 3.11. The summed E-state index contributed by atoms with van der Waals surface area (Å²) in [5.41, 5.74) is 2.26. The molecule has 6 bridgehead atoms. The summed E-state index contributed by atoms with van der Waals surface area (Å²) in [7, 11) is 0. The molecule has 4 aliphatic rings. The molecule has 0 fully saturated rings. The second-order valence-corrected chi connectivity index (χ2v) is 12.3. The number of esters is 2. The van der Waals surface area contributed by atoms with Crippen molar-refractivity contribution in [1.82, 2.24) is 10.6 Å². The highest BCUT2D eigenvalue weighted by Crippen LogP contribution is 2.22. The first-order valence-corrected chi connectivity index (χ1v) is 17.4. The van der Waals surface area contributed by atoms with Gasteiger partial charge in [-0.15, -0.1) is 0 Å². The SMILES string of the molecule is CCCCC(CC)COc1cc2cc(c1)C(=O)NCc1ccc(cc1)OC(=O)CCC/C=C\CCCC(=O)Oc1ccc(cc1)CNC2=O. The summed E-state index contributed by atoms with van der Waals surface area (Å²) in [4.78, 5) is 51.3. The summed E-state index contributed by atoms with van der Waals surface area (Å²) in [5.74, 6) is 0.373. The van der Waals surface area contributed by atoms with Crippen LogP contribution in [0.4, 0.5) is 0 Å². The number of benzene rings is 3. The van der Waals surface area contributed by atoms with E-state index in [-0.39, 0.29) is 49.7 Å². The van der Waals surface area contributed by atoms with E-state index in [4.69, 9.17) is 14.2 Å². The van der Waals surface area contributed by atoms with Crippen LogP contribution < -0.4 is 24.8 Å². The zero-order valence-corrected chi connectivity index (χ0v) is 28.6. The summed E-state index contributed by atoms with van der Waals surface area (Å²) in [6, 6.07) is 18.9. The molecule has 1 atom stereocenters. The first kappa shape index (κ1) is 36.9. The van der Waals surface area contributed by atoms with E-state index in [1.807, 2.05) is 12.2 Å². The lowest BCUT2D eigenvalue weighted by Crippen LogP contribution is -2.25. The molecule has 9 heteroatoms. The molecule has 49 heavy (non-hydrogen) atoms. The average molecular weight is 669 g/mol. The van der Waals surface area contributed by atoms with Crippen molar-refractivity contribution in [1.29, 1.82) is 0 Å². The van der Waals surface area contributed by atoms with Crippen molar-refractivity contribution in [3.63, 3.8) is 0 Å². The molecule has 0 radical (unpaired) electrons. The Morgan fingerprint density at radius 1 is 0.694 bits per heavy atom. The Morgan fingerprint density at radius 3 is 1.63 bits per heavy atom. The predicted octanol–water partition coefficient (Wildman–Crippen LogP) is 7.86. The van der Waals surface area contributed by atoms with Gasteiger partial charge in [0.15, 0.2) is 0 Å². The van der Waals surface area contributed by atoms with Crippen molar-refractivity contribution in [2.45, 2.75) is 91.1 Å². The molecule has 9 nitrogen and oxygen atoms in total. The van der Waals surface area contributed by atoms with Crippen molar-refractivity contribution < 1.29 is 33.4 Å². The van der Waals surface area contributed by atoms with Gasteiger partial charge in [0, 0.05) is 37.1 Å². The normalized spacial score (nSPS) is 16.6. The van der Waals surface area contributed by atoms with E-state index < -0.39 is 0 Å². The minimum absolute atomic E-state index is 0.242. The molecule has 3 aromatic carbocycles. The zero-order chi connectivity index (χ0) is 34.8. The first-order valence-electron chi connectivity index (χ1n) is 17.4. The molecular weight excluding hydrogens is 620 g/mol. The molecule has 3 aromatic rings. The summed E-state index contributed by atoms with van der Waals surface area (Å²) >= 11 is 0. The van der Waals surface area contributed by atoms with Crippen LogP contribution in [0, 0.1) is 5.92 Å². The van der Waals surface area contributed by atoms with Crippen LogP contribution in [0.1, 0.15) is 110 Å². The van der Waals surface area contributed by atoms with E-state index in [1.54, 1.807) is 66.7 Å². The summed E-state index contributed by atoms with van der Waals surface area (Å²) in [6.45, 7) is 5.28. The lowest BCUT2D eigenvalue weighted by molar-refractivity contribution is -0.135. The van der Waals surface area contributed by atoms with Gasteiger partial charge in [0.1, 0.15) is 17.2 Å². The van der Waals surface area contributed by atoms with Gasteiger partial charge in [0.25, 0.3) is 11.8 Å². The van der Waals surface area contributed by atoms with E-state index >= 15 is 0 Å². The number of rotatable bonds is 7. The smallest absolute Gasteiger partial charge is 0.311 e. The predicted molar refractivity (Wildman–Crippen MR) is 189 cm³/mol. The van der Waals surface area contributed by atoms with E-state index in [0.29, 0.717) is 53.7 Å². The van der Waals surface area contributed by atoms with Crippen molar-refractivity contribution in [3.8, 4) is 17.2 Å². The molecule has 1 unspecified atom stereocenters. The van der Waals surface area contributed by atoms with E-state index in [2.05, 4.69) is 24.5 Å². The maximum absolute atomic E-state index is 13.3. The van der Waals surface area contributed by atoms with Crippen LogP contribution in [0.3, 0.4) is 0 Å². The molecule has 0 aromatic heterocycles. The van der Waals surface area contributed by atoms with Crippen LogP contribution in [0.15, 0.2) is 78.9 Å². The number of nitrogens with one attached hydrogen (secondary N) is 2. The monoisotopic (exact) mass is 668 g/mol. The third kappa shape index (κ3) is 12.9. The number of carbonyl (C=O) groups is 4. The highest BCUT2D eigenvalue weighted by Gasteiger charge is 2.16. The fraction of sp³-hybridized carbons (Fsp3) is 0.400. The van der Waals surface area contributed by atoms with E-state index in [0.717, 1.165) is 49.7 Å². The molecule has 2 amide bonds. The summed E-state index contributed by atoms with van der Waals surface area (Å²) in [6.07, 6.45) is 11.6. The van der Waals surface area contributed by atoms with E-state index in [1.165, 1.54) is 0 Å². The van der Waals surface area contributed by atoms with Gasteiger partial charge in [-0.2, -0.15) is 0 Å². The molecule has 2 N–H and O–H groups in total. The molecule has 0 spiro atoms. The van der Waals surface area contributed by atoms with Gasteiger partial charge in [-0.3, -0.25) is 19.2 Å². The molecule has 0 aliphatic carbocycles. The first-order chi connectivity index (χ1) is 23.8. The van der Waals surface area contributed by atoms with Gasteiger partial charge in [-0.25, -0.2) is 0 Å². The Hall–Kier alpha value is -4.92. The molecule has 0 saturated carbocycles. The Balaban J connectivity index is 1.51. The van der Waals surface area contributed by atoms with Crippen molar-refractivity contribution in [2.24, 2.45) is 5.92 Å². The lowest BCUT2D eigenvalue weighted by Gasteiger charge is -2.17. The van der Waals surface area contributed by atoms with Crippen molar-refractivity contribution in [2.75, 3.05) is 6.61 Å². The summed E-state index contributed by atoms with van der Waals surface area (Å²) in [5, 5.41) is 5.84. The minimum atomic E-state index is -0.351. The molecule has 7 rings (SSSR count). The Morgan fingerprint density at radius 2 is 1.18 bits per heavy atom. The molecular formula is C40H48N2O7. The second kappa shape index (κ2) is 19.8. The van der Waals surface area contributed by atoms with Crippen LogP contribution >= 0.6 is 0 Å². The third-order valence-corrected chi connectivity index (χ3v) is 8.35. The van der Waals surface area contributed by atoms with Crippen molar-refractivity contribution >= 4 is 23.8 Å². The number of amides is 2. The standard InChI is InChI=1S/C40H48N2O7/c1-3-5-12-29(4-2)28-47-36-24-32-23-33(25-36)40(46)42-27-31-17-21-35(22-18-31)49-38(44)14-11-9-7-6-8-10-13-37(43)48-34-19-15-30(16-20-34)26-41-39(32)45/h6-7,15-25,29H,3-5,8-14,26-28H2,1-2H3,(H,41,45)(H,42,46)/b7-6-. The third-order valence-electron chi connectivity index (χ3n) is 8.35. The number of allylic oxidation sites excluding steroid dienone is 2. The Labute approximate surface area is 289 Å². The van der Waals surface area contributed by atoms with Gasteiger partial charge in [-0.1, -0.05) is 69.5 Å². The van der Waals surface area contributed by atoms with Gasteiger partial charge >= 0.3 is 11.9 Å². The fourth-order valence-electron chi connectivity index (χ4n) is 5.31. The van der Waals surface area contributed by atoms with Gasteiger partial charge < -0.3 is 24.8 Å². The van der Waals surface area contributed by atoms with Gasteiger partial charge in [0.2, 0.25) is 0 Å². The molecule has 4 aliphatic heterocycles. The lowest BCUT2D eigenvalue weighted by atomic mass is 10.0. The zero-order valence-electron chi connectivity index (χ0n) is 28.6. The van der Waals surface area contributed by atoms with E-state index in [9.17, 15) is 19.2 Å². The van der Waals surface area contributed by atoms with Gasteiger partial charge in [-0.05, 0) is 91.6 Å². The number of ether oxygens (including phenoxy) is 3. The maximum Gasteiger partial charge on any atom is 0.311 e. The minimum Gasteiger partial charge on any atom is -0.493 e.